The van der Waals surface area contributed by atoms with Gasteiger partial charge in [0.05, 0.1) is 7.11 Å². The van der Waals surface area contributed by atoms with E-state index in [9.17, 15) is 24.3 Å². The Balaban J connectivity index is 1.36. The molecule has 11 nitrogen and oxygen atoms in total. The van der Waals surface area contributed by atoms with Crippen LogP contribution in [-0.2, 0) is 25.7 Å². The summed E-state index contributed by atoms with van der Waals surface area (Å²) in [6, 6.07) is 9.13. The van der Waals surface area contributed by atoms with Crippen LogP contribution in [0.3, 0.4) is 0 Å². The molecule has 1 saturated heterocycles. The number of β-lactam (4-membered cyclic amide) rings is 1. The zero-order valence-electron chi connectivity index (χ0n) is 18.8. The SMILES string of the molecule is COc1ccc(OCc2ccc(C(=O)N[C@@H]3C(=O)N4C(C(=O)O)=C(COC(C)=O)CS[C@@H]34)o2)cc1. The summed E-state index contributed by atoms with van der Waals surface area (Å²) in [5.41, 5.74) is 0.0982. The van der Waals surface area contributed by atoms with E-state index in [1.54, 1.807) is 37.4 Å². The van der Waals surface area contributed by atoms with E-state index in [2.05, 4.69) is 5.32 Å². The number of nitrogens with zero attached hydrogens (tertiary/aromatic N) is 1. The number of nitrogens with one attached hydrogen (secondary N) is 1. The van der Waals surface area contributed by atoms with Crippen molar-refractivity contribution in [1.29, 1.82) is 0 Å². The average molecular weight is 503 g/mol. The Morgan fingerprint density at radius 3 is 2.51 bits per heavy atom. The van der Waals surface area contributed by atoms with E-state index in [0.29, 0.717) is 22.8 Å². The van der Waals surface area contributed by atoms with E-state index >= 15 is 0 Å². The number of carbonyl (C=O) groups excluding carboxylic acids is 3. The molecule has 2 aliphatic heterocycles. The van der Waals surface area contributed by atoms with E-state index in [1.165, 1.54) is 24.8 Å². The lowest BCUT2D eigenvalue weighted by molar-refractivity contribution is -0.149. The molecule has 2 N–H and O–H groups in total. The number of carboxylic acids is 1. The minimum absolute atomic E-state index is 0.00469. The second-order valence-corrected chi connectivity index (χ2v) is 8.73. The number of thioether (sulfide) groups is 1. The fourth-order valence-electron chi connectivity index (χ4n) is 3.60. The third-order valence-electron chi connectivity index (χ3n) is 5.31. The number of aliphatic carboxylic acids is 1. The number of carbonyl (C=O) groups is 4. The molecule has 0 aliphatic carbocycles. The first kappa shape index (κ1) is 24.2. The maximum absolute atomic E-state index is 12.7. The second kappa shape index (κ2) is 10.1. The number of methoxy groups -OCH3 is 1. The summed E-state index contributed by atoms with van der Waals surface area (Å²) in [6.07, 6.45) is 0. The summed E-state index contributed by atoms with van der Waals surface area (Å²) in [6.45, 7) is 1.09. The summed E-state index contributed by atoms with van der Waals surface area (Å²) < 4.78 is 21.2. The molecule has 0 bridgehead atoms. The van der Waals surface area contributed by atoms with Crippen LogP contribution in [0.5, 0.6) is 11.5 Å². The molecule has 2 amide bonds. The largest absolute Gasteiger partial charge is 0.497 e. The number of hydrogen-bond donors (Lipinski definition) is 2. The van der Waals surface area contributed by atoms with Gasteiger partial charge in [0.25, 0.3) is 11.8 Å². The van der Waals surface area contributed by atoms with E-state index in [-0.39, 0.29) is 30.4 Å². The lowest BCUT2D eigenvalue weighted by Gasteiger charge is -2.49. The second-order valence-electron chi connectivity index (χ2n) is 7.63. The maximum Gasteiger partial charge on any atom is 0.352 e. The van der Waals surface area contributed by atoms with Gasteiger partial charge in [0.2, 0.25) is 0 Å². The number of benzene rings is 1. The highest BCUT2D eigenvalue weighted by atomic mass is 32.2. The number of fused-ring (bicyclic) bond motifs is 1. The van der Waals surface area contributed by atoms with E-state index < -0.39 is 35.2 Å². The van der Waals surface area contributed by atoms with E-state index in [0.717, 1.165) is 4.90 Å². The first-order valence-electron chi connectivity index (χ1n) is 10.5. The fraction of sp³-hybridized carbons (Fsp3) is 0.304. The maximum atomic E-state index is 12.7. The van der Waals surface area contributed by atoms with Crippen molar-refractivity contribution in [2.24, 2.45) is 0 Å². The molecule has 2 aliphatic rings. The first-order chi connectivity index (χ1) is 16.8. The van der Waals surface area contributed by atoms with Gasteiger partial charge in [-0.2, -0.15) is 0 Å². The quantitative estimate of drug-likeness (QED) is 0.384. The Labute approximate surface area is 204 Å². The predicted molar refractivity (Wildman–Crippen MR) is 122 cm³/mol. The molecule has 12 heteroatoms. The summed E-state index contributed by atoms with van der Waals surface area (Å²) in [5, 5.41) is 11.6. The Morgan fingerprint density at radius 2 is 1.86 bits per heavy atom. The van der Waals surface area contributed by atoms with Crippen LogP contribution in [0.1, 0.15) is 23.2 Å². The summed E-state index contributed by atoms with van der Waals surface area (Å²) in [5.74, 6) is -1.10. The summed E-state index contributed by atoms with van der Waals surface area (Å²) >= 11 is 1.27. The molecule has 1 fully saturated rings. The third-order valence-corrected chi connectivity index (χ3v) is 6.65. The number of hydrogen-bond acceptors (Lipinski definition) is 9. The van der Waals surface area contributed by atoms with Crippen LogP contribution in [0.25, 0.3) is 0 Å². The van der Waals surface area contributed by atoms with Crippen molar-refractivity contribution in [3.05, 3.63) is 59.2 Å². The van der Waals surface area contributed by atoms with Crippen molar-refractivity contribution in [1.82, 2.24) is 10.2 Å². The lowest BCUT2D eigenvalue weighted by atomic mass is 10.0. The number of esters is 1. The van der Waals surface area contributed by atoms with Gasteiger partial charge in [0, 0.05) is 18.2 Å². The van der Waals surface area contributed by atoms with Crippen LogP contribution >= 0.6 is 11.8 Å². The highest BCUT2D eigenvalue weighted by molar-refractivity contribution is 8.00. The predicted octanol–water partition coefficient (Wildman–Crippen LogP) is 1.78. The zero-order valence-corrected chi connectivity index (χ0v) is 19.6. The van der Waals surface area contributed by atoms with Gasteiger partial charge in [-0.05, 0) is 36.4 Å². The number of rotatable bonds is 9. The molecule has 3 heterocycles. The number of ether oxygens (including phenoxy) is 3. The highest BCUT2D eigenvalue weighted by Crippen LogP contribution is 2.40. The minimum atomic E-state index is -1.30. The lowest BCUT2D eigenvalue weighted by Crippen LogP contribution is -2.70. The van der Waals surface area contributed by atoms with Gasteiger partial charge in [-0.25, -0.2) is 4.79 Å². The van der Waals surface area contributed by atoms with Gasteiger partial charge in [0.15, 0.2) is 5.76 Å². The molecule has 2 aromatic rings. The zero-order chi connectivity index (χ0) is 25.1. The van der Waals surface area contributed by atoms with Crippen LogP contribution in [-0.4, -0.2) is 64.6 Å². The van der Waals surface area contributed by atoms with Gasteiger partial charge < -0.3 is 29.1 Å². The van der Waals surface area contributed by atoms with E-state index in [1.807, 2.05) is 0 Å². The number of furan rings is 1. The molecule has 2 atom stereocenters. The van der Waals surface area contributed by atoms with Crippen molar-refractivity contribution < 1.29 is 42.9 Å². The van der Waals surface area contributed by atoms with Gasteiger partial charge in [-0.3, -0.25) is 19.3 Å². The molecule has 0 spiro atoms. The van der Waals surface area contributed by atoms with Gasteiger partial charge in [0.1, 0.15) is 47.6 Å². The van der Waals surface area contributed by atoms with Crippen LogP contribution in [0.4, 0.5) is 0 Å². The molecular weight excluding hydrogens is 480 g/mol. The Morgan fingerprint density at radius 1 is 1.14 bits per heavy atom. The molecule has 0 unspecified atom stereocenters. The average Bonchev–Trinajstić information content (AvgIpc) is 3.33. The van der Waals surface area contributed by atoms with Crippen molar-refractivity contribution in [3.8, 4) is 11.5 Å². The summed E-state index contributed by atoms with van der Waals surface area (Å²) in [4.78, 5) is 49.3. The smallest absolute Gasteiger partial charge is 0.352 e. The molecule has 0 radical (unpaired) electrons. The van der Waals surface area contributed by atoms with Gasteiger partial charge in [-0.15, -0.1) is 11.8 Å². The van der Waals surface area contributed by atoms with Crippen molar-refractivity contribution >= 4 is 35.5 Å². The van der Waals surface area contributed by atoms with Crippen molar-refractivity contribution in [2.45, 2.75) is 24.9 Å². The molecule has 35 heavy (non-hydrogen) atoms. The Hall–Kier alpha value is -3.93. The van der Waals surface area contributed by atoms with Gasteiger partial charge in [-0.1, -0.05) is 0 Å². The molecule has 1 aromatic heterocycles. The highest BCUT2D eigenvalue weighted by Gasteiger charge is 2.54. The van der Waals surface area contributed by atoms with Crippen LogP contribution in [0, 0.1) is 0 Å². The fourth-order valence-corrected chi connectivity index (χ4v) is 4.93. The normalized spacial score (nSPS) is 18.9. The monoisotopic (exact) mass is 502 g/mol. The van der Waals surface area contributed by atoms with E-state index in [4.69, 9.17) is 18.6 Å². The Kier molecular flexibility index (Phi) is 7.01. The number of amides is 2. The van der Waals surface area contributed by atoms with Crippen LogP contribution in [0.2, 0.25) is 0 Å². The molecular formula is C23H22N2O9S. The summed E-state index contributed by atoms with van der Waals surface area (Å²) in [7, 11) is 1.57. The van der Waals surface area contributed by atoms with Crippen LogP contribution < -0.4 is 14.8 Å². The minimum Gasteiger partial charge on any atom is -0.497 e. The Bertz CT molecular complexity index is 1190. The van der Waals surface area contributed by atoms with Gasteiger partial charge >= 0.3 is 11.9 Å². The van der Waals surface area contributed by atoms with Crippen molar-refractivity contribution in [2.75, 3.05) is 19.5 Å². The topological polar surface area (TPSA) is 145 Å². The first-order valence-corrected chi connectivity index (χ1v) is 11.5. The molecule has 0 saturated carbocycles. The van der Waals surface area contributed by atoms with Crippen LogP contribution in [0.15, 0.2) is 52.1 Å². The standard InChI is InChI=1S/C23H22N2O9S/c1-12(26)32-9-13-11-35-22-18(21(28)25(22)19(13)23(29)30)24-20(27)17-8-7-16(34-17)10-33-15-5-3-14(31-2)4-6-15/h3-8,18,22H,9-11H2,1-2H3,(H,24,27)(H,29,30)/t18-,22+/m1/s1. The number of carboxylic acid groups (broad SMARTS) is 1. The third kappa shape index (κ3) is 5.11. The molecule has 184 valence electrons. The molecule has 4 rings (SSSR count). The van der Waals surface area contributed by atoms with Crippen molar-refractivity contribution in [3.63, 3.8) is 0 Å². The molecule has 1 aromatic carbocycles.